The molecule has 0 bridgehead atoms. The van der Waals surface area contributed by atoms with Crippen LogP contribution < -0.4 is 11.3 Å². The number of carboxylic acid groups (broad SMARTS) is 1. The summed E-state index contributed by atoms with van der Waals surface area (Å²) in [6.07, 6.45) is 0.362. The highest BCUT2D eigenvalue weighted by atomic mass is 16.4. The second-order valence-corrected chi connectivity index (χ2v) is 4.09. The number of rotatable bonds is 5. The minimum Gasteiger partial charge on any atom is -0.508 e. The van der Waals surface area contributed by atoms with Gasteiger partial charge in [0, 0.05) is 5.92 Å². The van der Waals surface area contributed by atoms with Gasteiger partial charge in [-0.2, -0.15) is 0 Å². The third-order valence-corrected chi connectivity index (χ3v) is 3.33. The third-order valence-electron chi connectivity index (χ3n) is 3.33. The summed E-state index contributed by atoms with van der Waals surface area (Å²) in [6, 6.07) is 6.46. The van der Waals surface area contributed by atoms with Crippen molar-refractivity contribution in [2.45, 2.75) is 31.7 Å². The van der Waals surface area contributed by atoms with Gasteiger partial charge in [-0.1, -0.05) is 26.0 Å². The van der Waals surface area contributed by atoms with Gasteiger partial charge >= 0.3 is 5.97 Å². The lowest BCUT2D eigenvalue weighted by Crippen LogP contribution is -2.58. The number of nitrogens with two attached hydrogens (primary N) is 1. The minimum absolute atomic E-state index is 0.152. The van der Waals surface area contributed by atoms with Crippen molar-refractivity contribution in [3.05, 3.63) is 29.8 Å². The van der Waals surface area contributed by atoms with Crippen LogP contribution in [0.5, 0.6) is 5.75 Å². The van der Waals surface area contributed by atoms with Crippen LogP contribution in [0.3, 0.4) is 0 Å². The van der Waals surface area contributed by atoms with E-state index in [-0.39, 0.29) is 11.7 Å². The molecule has 2 atom stereocenters. The highest BCUT2D eigenvalue weighted by Gasteiger charge is 2.41. The maximum atomic E-state index is 11.4. The highest BCUT2D eigenvalue weighted by Crippen LogP contribution is 2.31. The number of hydrogen-bond acceptors (Lipinski definition) is 4. The topological polar surface area (TPSA) is 95.6 Å². The predicted octanol–water partition coefficient (Wildman–Crippen LogP) is 1.19. The quantitative estimate of drug-likeness (QED) is 0.456. The fraction of sp³-hybridized carbons (Fsp3) is 0.417. The molecule has 1 aromatic rings. The monoisotopic (exact) mass is 238 g/mol. The maximum absolute atomic E-state index is 11.4. The Hall–Kier alpha value is -1.59. The van der Waals surface area contributed by atoms with Crippen LogP contribution in [0.4, 0.5) is 0 Å². The SMILES string of the molecule is CCC(NN)(C(=O)O)C(C)c1ccc(O)cc1. The second kappa shape index (κ2) is 5.16. The molecule has 94 valence electrons. The molecular formula is C12H18N2O3. The highest BCUT2D eigenvalue weighted by molar-refractivity contribution is 5.80. The molecule has 0 amide bonds. The molecule has 1 rings (SSSR count). The van der Waals surface area contributed by atoms with Crippen LogP contribution in [0.1, 0.15) is 31.7 Å². The number of nitrogens with one attached hydrogen (secondary N) is 1. The summed E-state index contributed by atoms with van der Waals surface area (Å²) in [6.45, 7) is 3.56. The fourth-order valence-corrected chi connectivity index (χ4v) is 1.98. The Balaban J connectivity index is 3.12. The van der Waals surface area contributed by atoms with E-state index in [2.05, 4.69) is 5.43 Å². The Kier molecular flexibility index (Phi) is 4.09. The molecule has 5 nitrogen and oxygen atoms in total. The van der Waals surface area contributed by atoms with Gasteiger partial charge in [0.2, 0.25) is 0 Å². The van der Waals surface area contributed by atoms with Crippen molar-refractivity contribution < 1.29 is 15.0 Å². The Morgan fingerprint density at radius 3 is 2.35 bits per heavy atom. The molecule has 0 saturated heterocycles. The molecule has 0 heterocycles. The summed E-state index contributed by atoms with van der Waals surface area (Å²) >= 11 is 0. The molecule has 0 radical (unpaired) electrons. The zero-order valence-corrected chi connectivity index (χ0v) is 9.97. The normalized spacial score (nSPS) is 16.2. The van der Waals surface area contributed by atoms with E-state index in [4.69, 9.17) is 5.84 Å². The fourth-order valence-electron chi connectivity index (χ4n) is 1.98. The van der Waals surface area contributed by atoms with Crippen LogP contribution in [0.2, 0.25) is 0 Å². The lowest BCUT2D eigenvalue weighted by molar-refractivity contribution is -0.146. The van der Waals surface area contributed by atoms with Gasteiger partial charge in [-0.05, 0) is 24.1 Å². The molecule has 0 aliphatic heterocycles. The van der Waals surface area contributed by atoms with Gasteiger partial charge in [-0.25, -0.2) is 5.43 Å². The van der Waals surface area contributed by atoms with E-state index in [1.165, 1.54) is 12.1 Å². The van der Waals surface area contributed by atoms with E-state index in [0.717, 1.165) is 5.56 Å². The van der Waals surface area contributed by atoms with Crippen LogP contribution in [-0.2, 0) is 4.79 Å². The third kappa shape index (κ3) is 2.40. The van der Waals surface area contributed by atoms with Crippen molar-refractivity contribution in [1.82, 2.24) is 5.43 Å². The standard InChI is InChI=1S/C12H18N2O3/c1-3-12(14-13,11(16)17)8(2)9-4-6-10(15)7-5-9/h4-8,14-15H,3,13H2,1-2H3,(H,16,17). The van der Waals surface area contributed by atoms with E-state index in [0.29, 0.717) is 6.42 Å². The van der Waals surface area contributed by atoms with Gasteiger partial charge in [0.05, 0.1) is 0 Å². The first-order chi connectivity index (χ1) is 7.97. The number of aliphatic carboxylic acids is 1. The van der Waals surface area contributed by atoms with Gasteiger partial charge in [0.15, 0.2) is 0 Å². The van der Waals surface area contributed by atoms with E-state index in [1.807, 2.05) is 0 Å². The Bertz CT molecular complexity index is 385. The molecule has 17 heavy (non-hydrogen) atoms. The van der Waals surface area contributed by atoms with E-state index >= 15 is 0 Å². The minimum atomic E-state index is -1.20. The van der Waals surface area contributed by atoms with Crippen LogP contribution in [0.15, 0.2) is 24.3 Å². The predicted molar refractivity (Wildman–Crippen MR) is 64.5 cm³/mol. The first kappa shape index (κ1) is 13.5. The summed E-state index contributed by atoms with van der Waals surface area (Å²) in [5, 5.41) is 18.5. The van der Waals surface area contributed by atoms with Crippen molar-refractivity contribution in [2.75, 3.05) is 0 Å². The van der Waals surface area contributed by atoms with Gasteiger partial charge in [-0.15, -0.1) is 0 Å². The largest absolute Gasteiger partial charge is 0.508 e. The molecule has 0 aliphatic rings. The number of aromatic hydroxyl groups is 1. The molecule has 2 unspecified atom stereocenters. The molecule has 5 heteroatoms. The van der Waals surface area contributed by atoms with Gasteiger partial charge < -0.3 is 10.2 Å². The average Bonchev–Trinajstić information content (AvgIpc) is 2.31. The molecule has 5 N–H and O–H groups in total. The number of benzene rings is 1. The summed E-state index contributed by atoms with van der Waals surface area (Å²) in [5.41, 5.74) is 2.03. The number of carboxylic acids is 1. The Morgan fingerprint density at radius 1 is 1.47 bits per heavy atom. The van der Waals surface area contributed by atoms with Gasteiger partial charge in [0.1, 0.15) is 11.3 Å². The molecule has 1 aromatic carbocycles. The van der Waals surface area contributed by atoms with Crippen molar-refractivity contribution >= 4 is 5.97 Å². The summed E-state index contributed by atoms with van der Waals surface area (Å²) in [5.74, 6) is 4.27. The Morgan fingerprint density at radius 2 is 2.00 bits per heavy atom. The zero-order chi connectivity index (χ0) is 13.1. The van der Waals surface area contributed by atoms with E-state index < -0.39 is 11.5 Å². The van der Waals surface area contributed by atoms with E-state index in [9.17, 15) is 15.0 Å². The summed E-state index contributed by atoms with van der Waals surface area (Å²) in [4.78, 5) is 11.4. The van der Waals surface area contributed by atoms with Crippen molar-refractivity contribution in [3.63, 3.8) is 0 Å². The average molecular weight is 238 g/mol. The van der Waals surface area contributed by atoms with Crippen LogP contribution in [0, 0.1) is 0 Å². The molecule has 0 fully saturated rings. The molecular weight excluding hydrogens is 220 g/mol. The smallest absolute Gasteiger partial charge is 0.325 e. The Labute approximate surface area is 100 Å². The van der Waals surface area contributed by atoms with Gasteiger partial charge in [0.25, 0.3) is 0 Å². The summed E-state index contributed by atoms with van der Waals surface area (Å²) in [7, 11) is 0. The van der Waals surface area contributed by atoms with Crippen LogP contribution in [0.25, 0.3) is 0 Å². The molecule has 0 spiro atoms. The molecule has 0 saturated carbocycles. The van der Waals surface area contributed by atoms with Crippen molar-refractivity contribution in [2.24, 2.45) is 5.84 Å². The lowest BCUT2D eigenvalue weighted by atomic mass is 9.79. The number of hydrogen-bond donors (Lipinski definition) is 4. The lowest BCUT2D eigenvalue weighted by Gasteiger charge is -2.33. The maximum Gasteiger partial charge on any atom is 0.325 e. The summed E-state index contributed by atoms with van der Waals surface area (Å²) < 4.78 is 0. The first-order valence-electron chi connectivity index (χ1n) is 5.48. The van der Waals surface area contributed by atoms with E-state index in [1.54, 1.807) is 26.0 Å². The van der Waals surface area contributed by atoms with Crippen molar-refractivity contribution in [3.8, 4) is 5.75 Å². The number of phenolic OH excluding ortho intramolecular Hbond substituents is 1. The second-order valence-electron chi connectivity index (χ2n) is 4.09. The van der Waals surface area contributed by atoms with Crippen LogP contribution >= 0.6 is 0 Å². The first-order valence-corrected chi connectivity index (χ1v) is 5.48. The van der Waals surface area contributed by atoms with Crippen molar-refractivity contribution in [1.29, 1.82) is 0 Å². The number of phenols is 1. The molecule has 0 aromatic heterocycles. The van der Waals surface area contributed by atoms with Gasteiger partial charge in [-0.3, -0.25) is 10.6 Å². The zero-order valence-electron chi connectivity index (χ0n) is 9.97. The van der Waals surface area contributed by atoms with Crippen LogP contribution in [-0.4, -0.2) is 21.7 Å². The molecule has 0 aliphatic carbocycles. The number of carbonyl (C=O) groups is 1. The number of hydrazine groups is 1.